The van der Waals surface area contributed by atoms with Crippen LogP contribution in [0.1, 0.15) is 18.9 Å². The summed E-state index contributed by atoms with van der Waals surface area (Å²) < 4.78 is 0. The Labute approximate surface area is 102 Å². The number of rotatable bonds is 5. The first-order valence-electron chi connectivity index (χ1n) is 5.51. The van der Waals surface area contributed by atoms with E-state index in [2.05, 4.69) is 11.8 Å². The molecule has 0 bridgehead atoms. The second-order valence-electron chi connectivity index (χ2n) is 3.87. The van der Waals surface area contributed by atoms with Crippen LogP contribution < -0.4 is 10.6 Å². The van der Waals surface area contributed by atoms with E-state index in [1.54, 1.807) is 0 Å². The van der Waals surface area contributed by atoms with E-state index in [4.69, 9.17) is 22.4 Å². The Balaban J connectivity index is 3.03. The summed E-state index contributed by atoms with van der Waals surface area (Å²) in [6, 6.07) is 3.75. The normalized spacial score (nSPS) is 10.5. The van der Waals surface area contributed by atoms with Gasteiger partial charge in [0.2, 0.25) is 0 Å². The highest BCUT2D eigenvalue weighted by atomic mass is 35.5. The van der Waals surface area contributed by atoms with Crippen LogP contribution in [0, 0.1) is 6.92 Å². The number of anilines is 2. The van der Waals surface area contributed by atoms with Gasteiger partial charge in [0.1, 0.15) is 0 Å². The van der Waals surface area contributed by atoms with Crippen molar-refractivity contribution in [2.45, 2.75) is 20.3 Å². The highest BCUT2D eigenvalue weighted by molar-refractivity contribution is 6.33. The first-order valence-corrected chi connectivity index (χ1v) is 5.89. The van der Waals surface area contributed by atoms with Crippen molar-refractivity contribution in [2.24, 2.45) is 0 Å². The number of aryl methyl sites for hydroxylation is 1. The van der Waals surface area contributed by atoms with E-state index < -0.39 is 0 Å². The highest BCUT2D eigenvalue weighted by Crippen LogP contribution is 2.29. The van der Waals surface area contributed by atoms with Crippen molar-refractivity contribution >= 4 is 23.0 Å². The predicted octanol–water partition coefficient (Wildman–Crippen LogP) is 2.44. The third kappa shape index (κ3) is 3.03. The van der Waals surface area contributed by atoms with Gasteiger partial charge < -0.3 is 15.7 Å². The minimum atomic E-state index is 0.140. The fraction of sp³-hybridized carbons (Fsp3) is 0.500. The number of nitrogen functional groups attached to an aromatic ring is 1. The molecular weight excluding hydrogens is 224 g/mol. The van der Waals surface area contributed by atoms with E-state index >= 15 is 0 Å². The van der Waals surface area contributed by atoms with E-state index in [1.807, 2.05) is 19.1 Å². The lowest BCUT2D eigenvalue weighted by Gasteiger charge is -2.25. The quantitative estimate of drug-likeness (QED) is 0.780. The Hall–Kier alpha value is -0.930. The van der Waals surface area contributed by atoms with Gasteiger partial charge in [0.25, 0.3) is 0 Å². The summed E-state index contributed by atoms with van der Waals surface area (Å²) in [5.41, 5.74) is 8.48. The largest absolute Gasteiger partial charge is 0.398 e. The van der Waals surface area contributed by atoms with Crippen molar-refractivity contribution in [3.63, 3.8) is 0 Å². The molecule has 0 aliphatic carbocycles. The summed E-state index contributed by atoms with van der Waals surface area (Å²) in [5.74, 6) is 0. The van der Waals surface area contributed by atoms with Gasteiger partial charge in [0, 0.05) is 18.8 Å². The molecule has 1 aromatic carbocycles. The van der Waals surface area contributed by atoms with Crippen LogP contribution in [0.4, 0.5) is 11.4 Å². The van der Waals surface area contributed by atoms with Crippen LogP contribution in [-0.4, -0.2) is 24.8 Å². The molecule has 0 saturated carbocycles. The van der Waals surface area contributed by atoms with Gasteiger partial charge >= 0.3 is 0 Å². The Morgan fingerprint density at radius 3 is 2.62 bits per heavy atom. The van der Waals surface area contributed by atoms with Crippen LogP contribution in [0.25, 0.3) is 0 Å². The minimum Gasteiger partial charge on any atom is -0.398 e. The monoisotopic (exact) mass is 242 g/mol. The molecule has 1 aromatic rings. The number of halogens is 1. The predicted molar refractivity (Wildman–Crippen MR) is 70.2 cm³/mol. The summed E-state index contributed by atoms with van der Waals surface area (Å²) in [5, 5.41) is 9.61. The summed E-state index contributed by atoms with van der Waals surface area (Å²) in [6.07, 6.45) is 1.03. The molecule has 16 heavy (non-hydrogen) atoms. The van der Waals surface area contributed by atoms with Gasteiger partial charge in [-0.15, -0.1) is 0 Å². The number of nitrogens with zero attached hydrogens (tertiary/aromatic N) is 1. The van der Waals surface area contributed by atoms with Crippen molar-refractivity contribution in [3.8, 4) is 0 Å². The summed E-state index contributed by atoms with van der Waals surface area (Å²) >= 11 is 6.02. The maximum absolute atomic E-state index is 9.04. The molecule has 3 N–H and O–H groups in total. The van der Waals surface area contributed by atoms with Crippen molar-refractivity contribution in [2.75, 3.05) is 30.3 Å². The lowest BCUT2D eigenvalue weighted by Crippen LogP contribution is -2.28. The molecule has 3 nitrogen and oxygen atoms in total. The molecule has 0 aromatic heterocycles. The van der Waals surface area contributed by atoms with Crippen molar-refractivity contribution in [3.05, 3.63) is 22.7 Å². The third-order valence-corrected chi connectivity index (χ3v) is 2.85. The first-order chi connectivity index (χ1) is 7.60. The number of aliphatic hydroxyl groups excluding tert-OH is 1. The molecule has 0 unspecified atom stereocenters. The van der Waals surface area contributed by atoms with Gasteiger partial charge in [0.05, 0.1) is 17.3 Å². The number of hydrogen-bond donors (Lipinski definition) is 2. The van der Waals surface area contributed by atoms with Gasteiger partial charge in [-0.3, -0.25) is 0 Å². The third-order valence-electron chi connectivity index (χ3n) is 2.52. The van der Waals surface area contributed by atoms with E-state index in [0.717, 1.165) is 24.2 Å². The van der Waals surface area contributed by atoms with Gasteiger partial charge in [0.15, 0.2) is 0 Å². The van der Waals surface area contributed by atoms with Crippen LogP contribution >= 0.6 is 11.6 Å². The molecule has 90 valence electrons. The zero-order chi connectivity index (χ0) is 12.1. The van der Waals surface area contributed by atoms with Gasteiger partial charge in [-0.2, -0.15) is 0 Å². The van der Waals surface area contributed by atoms with Crippen LogP contribution in [-0.2, 0) is 0 Å². The van der Waals surface area contributed by atoms with E-state index in [1.165, 1.54) is 0 Å². The SMILES string of the molecule is CCCN(CCO)c1cc(Cl)c(N)cc1C. The molecule has 0 saturated heterocycles. The molecule has 0 aliphatic heterocycles. The Morgan fingerprint density at radius 2 is 2.06 bits per heavy atom. The molecular formula is C12H19ClN2O. The van der Waals surface area contributed by atoms with Crippen molar-refractivity contribution < 1.29 is 5.11 Å². The number of aliphatic hydroxyl groups is 1. The minimum absolute atomic E-state index is 0.140. The number of nitrogens with two attached hydrogens (primary N) is 1. The first kappa shape index (κ1) is 13.1. The smallest absolute Gasteiger partial charge is 0.0656 e. The average molecular weight is 243 g/mol. The molecule has 1 rings (SSSR count). The summed E-state index contributed by atoms with van der Waals surface area (Å²) in [4.78, 5) is 2.13. The molecule has 0 amide bonds. The maximum Gasteiger partial charge on any atom is 0.0656 e. The van der Waals surface area contributed by atoms with E-state index in [-0.39, 0.29) is 6.61 Å². The lowest BCUT2D eigenvalue weighted by molar-refractivity contribution is 0.302. The fourth-order valence-corrected chi connectivity index (χ4v) is 1.94. The number of benzene rings is 1. The second-order valence-corrected chi connectivity index (χ2v) is 4.28. The molecule has 0 heterocycles. The summed E-state index contributed by atoms with van der Waals surface area (Å²) in [7, 11) is 0. The van der Waals surface area contributed by atoms with Gasteiger partial charge in [-0.25, -0.2) is 0 Å². The maximum atomic E-state index is 9.04. The van der Waals surface area contributed by atoms with Crippen LogP contribution in [0.2, 0.25) is 5.02 Å². The molecule has 0 atom stereocenters. The van der Waals surface area contributed by atoms with Crippen molar-refractivity contribution in [1.82, 2.24) is 0 Å². The van der Waals surface area contributed by atoms with E-state index in [0.29, 0.717) is 17.3 Å². The zero-order valence-electron chi connectivity index (χ0n) is 9.83. The van der Waals surface area contributed by atoms with Gasteiger partial charge in [-0.05, 0) is 31.0 Å². The van der Waals surface area contributed by atoms with Crippen LogP contribution in [0.3, 0.4) is 0 Å². The second kappa shape index (κ2) is 5.97. The average Bonchev–Trinajstić information content (AvgIpc) is 2.23. The Morgan fingerprint density at radius 1 is 1.38 bits per heavy atom. The van der Waals surface area contributed by atoms with Crippen LogP contribution in [0.5, 0.6) is 0 Å². The van der Waals surface area contributed by atoms with Crippen LogP contribution in [0.15, 0.2) is 12.1 Å². The molecule has 0 fully saturated rings. The highest BCUT2D eigenvalue weighted by Gasteiger charge is 2.10. The standard InChI is InChI=1S/C12H19ClN2O/c1-3-4-15(5-6-16)12-8-10(13)11(14)7-9(12)2/h7-8,16H,3-6,14H2,1-2H3. The zero-order valence-corrected chi connectivity index (χ0v) is 10.6. The topological polar surface area (TPSA) is 49.5 Å². The Bertz CT molecular complexity index is 349. The lowest BCUT2D eigenvalue weighted by atomic mass is 10.1. The molecule has 4 heteroatoms. The summed E-state index contributed by atoms with van der Waals surface area (Å²) in [6.45, 7) is 5.78. The van der Waals surface area contributed by atoms with Gasteiger partial charge in [-0.1, -0.05) is 18.5 Å². The molecule has 0 spiro atoms. The fourth-order valence-electron chi connectivity index (χ4n) is 1.78. The van der Waals surface area contributed by atoms with E-state index in [9.17, 15) is 0 Å². The van der Waals surface area contributed by atoms with Crippen molar-refractivity contribution in [1.29, 1.82) is 0 Å². The molecule has 0 radical (unpaired) electrons. The Kier molecular flexibility index (Phi) is 4.90. The molecule has 0 aliphatic rings. The number of hydrogen-bond acceptors (Lipinski definition) is 3.